The van der Waals surface area contributed by atoms with E-state index in [2.05, 4.69) is 0 Å². The molecule has 1 saturated heterocycles. The van der Waals surface area contributed by atoms with Gasteiger partial charge in [0.15, 0.2) is 0 Å². The van der Waals surface area contributed by atoms with E-state index in [4.69, 9.17) is 11.6 Å². The average molecular weight is 358 g/mol. The van der Waals surface area contributed by atoms with Gasteiger partial charge in [-0.25, -0.2) is 8.78 Å². The monoisotopic (exact) mass is 357 g/mol. The molecule has 122 valence electrons. The molecular formula is C16H14ClF2NO2S. The Kier molecular flexibility index (Phi) is 4.66. The van der Waals surface area contributed by atoms with Gasteiger partial charge in [-0.1, -0.05) is 17.7 Å². The van der Waals surface area contributed by atoms with Gasteiger partial charge >= 0.3 is 5.97 Å². The predicted molar refractivity (Wildman–Crippen MR) is 84.9 cm³/mol. The number of hydrogen-bond acceptors (Lipinski definition) is 3. The van der Waals surface area contributed by atoms with Crippen molar-refractivity contribution in [1.82, 2.24) is 4.90 Å². The maximum Gasteiger partial charge on any atom is 0.320 e. The first-order chi connectivity index (χ1) is 11.0. The van der Waals surface area contributed by atoms with E-state index in [0.29, 0.717) is 17.3 Å². The quantitative estimate of drug-likeness (QED) is 0.886. The fraction of sp³-hybridized carbons (Fsp3) is 0.312. The van der Waals surface area contributed by atoms with Gasteiger partial charge in [0, 0.05) is 23.1 Å². The zero-order chi connectivity index (χ0) is 16.6. The van der Waals surface area contributed by atoms with Crippen molar-refractivity contribution in [2.24, 2.45) is 0 Å². The van der Waals surface area contributed by atoms with E-state index in [9.17, 15) is 18.7 Å². The average Bonchev–Trinajstić information content (AvgIpc) is 3.11. The number of carboxylic acid groups (broad SMARTS) is 1. The first kappa shape index (κ1) is 16.4. The van der Waals surface area contributed by atoms with E-state index in [1.54, 1.807) is 17.0 Å². The summed E-state index contributed by atoms with van der Waals surface area (Å²) in [6.07, 6.45) is 1.23. The van der Waals surface area contributed by atoms with Crippen LogP contribution in [0.3, 0.4) is 0 Å². The molecule has 1 aromatic carbocycles. The third-order valence-electron chi connectivity index (χ3n) is 4.03. The minimum absolute atomic E-state index is 0.262. The normalized spacial score (nSPS) is 19.9. The predicted octanol–water partition coefficient (Wildman–Crippen LogP) is 4.32. The van der Waals surface area contributed by atoms with Gasteiger partial charge in [0.2, 0.25) is 0 Å². The summed E-state index contributed by atoms with van der Waals surface area (Å²) in [5, 5.41) is 9.43. The number of likely N-dealkylation sites (tertiary alicyclic amines) is 1. The Hall–Kier alpha value is -1.50. The fourth-order valence-corrected chi connectivity index (χ4v) is 4.26. The highest BCUT2D eigenvalue weighted by molar-refractivity contribution is 7.16. The van der Waals surface area contributed by atoms with Crippen LogP contribution in [0.1, 0.15) is 29.3 Å². The molecule has 0 aliphatic carbocycles. The Balaban J connectivity index is 2.09. The highest BCUT2D eigenvalue weighted by atomic mass is 35.5. The first-order valence-electron chi connectivity index (χ1n) is 7.16. The van der Waals surface area contributed by atoms with Gasteiger partial charge in [0.1, 0.15) is 17.7 Å². The maximum atomic E-state index is 14.3. The van der Waals surface area contributed by atoms with Crippen molar-refractivity contribution < 1.29 is 18.7 Å². The van der Waals surface area contributed by atoms with Crippen molar-refractivity contribution in [1.29, 1.82) is 0 Å². The van der Waals surface area contributed by atoms with Gasteiger partial charge in [0.25, 0.3) is 0 Å². The van der Waals surface area contributed by atoms with Crippen molar-refractivity contribution in [3.63, 3.8) is 0 Å². The fourth-order valence-electron chi connectivity index (χ4n) is 3.06. The molecule has 2 atom stereocenters. The zero-order valence-corrected chi connectivity index (χ0v) is 13.6. The van der Waals surface area contributed by atoms with Crippen LogP contribution in [0, 0.1) is 11.6 Å². The van der Waals surface area contributed by atoms with Crippen LogP contribution in [0.15, 0.2) is 30.3 Å². The van der Waals surface area contributed by atoms with E-state index in [0.717, 1.165) is 17.4 Å². The number of aliphatic carboxylic acids is 1. The molecule has 7 heteroatoms. The van der Waals surface area contributed by atoms with Crippen molar-refractivity contribution in [2.75, 3.05) is 6.54 Å². The summed E-state index contributed by atoms with van der Waals surface area (Å²) >= 11 is 7.27. The lowest BCUT2D eigenvalue weighted by molar-refractivity contribution is -0.142. The van der Waals surface area contributed by atoms with Gasteiger partial charge in [-0.05, 0) is 31.0 Å². The van der Waals surface area contributed by atoms with Crippen molar-refractivity contribution in [2.45, 2.75) is 24.9 Å². The summed E-state index contributed by atoms with van der Waals surface area (Å²) in [4.78, 5) is 14.0. The highest BCUT2D eigenvalue weighted by Crippen LogP contribution is 2.40. The molecule has 23 heavy (non-hydrogen) atoms. The molecule has 0 bridgehead atoms. The lowest BCUT2D eigenvalue weighted by atomic mass is 10.0. The molecular weight excluding hydrogens is 344 g/mol. The molecule has 0 radical (unpaired) electrons. The minimum Gasteiger partial charge on any atom is -0.480 e. The number of carboxylic acids is 1. The lowest BCUT2D eigenvalue weighted by Gasteiger charge is -2.31. The third kappa shape index (κ3) is 3.24. The van der Waals surface area contributed by atoms with E-state index >= 15 is 0 Å². The largest absolute Gasteiger partial charge is 0.480 e. The molecule has 1 aromatic heterocycles. The topological polar surface area (TPSA) is 40.5 Å². The van der Waals surface area contributed by atoms with E-state index in [1.165, 1.54) is 23.5 Å². The smallest absolute Gasteiger partial charge is 0.320 e. The summed E-state index contributed by atoms with van der Waals surface area (Å²) in [5.41, 5.74) is 0.262. The molecule has 0 saturated carbocycles. The zero-order valence-electron chi connectivity index (χ0n) is 12.0. The van der Waals surface area contributed by atoms with E-state index in [-0.39, 0.29) is 5.56 Å². The first-order valence-corrected chi connectivity index (χ1v) is 8.35. The van der Waals surface area contributed by atoms with Gasteiger partial charge < -0.3 is 5.11 Å². The van der Waals surface area contributed by atoms with Crippen molar-refractivity contribution >= 4 is 28.9 Å². The Morgan fingerprint density at radius 3 is 2.74 bits per heavy atom. The van der Waals surface area contributed by atoms with Crippen LogP contribution in [-0.4, -0.2) is 28.6 Å². The van der Waals surface area contributed by atoms with Crippen LogP contribution in [0.5, 0.6) is 0 Å². The van der Waals surface area contributed by atoms with Gasteiger partial charge in [0.05, 0.1) is 10.4 Å². The van der Waals surface area contributed by atoms with E-state index < -0.39 is 29.7 Å². The molecule has 0 spiro atoms. The molecule has 3 rings (SSSR count). The SMILES string of the molecule is O=C(O)C1CCCN1C(c1ccc(Cl)s1)c1ccc(F)cc1F. The maximum absolute atomic E-state index is 14.3. The van der Waals surface area contributed by atoms with E-state index in [1.807, 2.05) is 0 Å². The number of hydrogen-bond donors (Lipinski definition) is 1. The minimum atomic E-state index is -0.933. The second-order valence-corrected chi connectivity index (χ2v) is 7.19. The van der Waals surface area contributed by atoms with Gasteiger partial charge in [-0.15, -0.1) is 11.3 Å². The highest BCUT2D eigenvalue weighted by Gasteiger charge is 2.38. The van der Waals surface area contributed by atoms with Gasteiger partial charge in [-0.2, -0.15) is 0 Å². The molecule has 1 aliphatic heterocycles. The third-order valence-corrected chi connectivity index (χ3v) is 5.32. The van der Waals surface area contributed by atoms with Gasteiger partial charge in [-0.3, -0.25) is 9.69 Å². The summed E-state index contributed by atoms with van der Waals surface area (Å²) in [7, 11) is 0. The number of rotatable bonds is 4. The van der Waals surface area contributed by atoms with Crippen LogP contribution < -0.4 is 0 Å². The van der Waals surface area contributed by atoms with Crippen LogP contribution in [0.4, 0.5) is 8.78 Å². The molecule has 2 unspecified atom stereocenters. The number of carbonyl (C=O) groups is 1. The van der Waals surface area contributed by atoms with Crippen molar-refractivity contribution in [3.8, 4) is 0 Å². The van der Waals surface area contributed by atoms with Crippen LogP contribution in [0.2, 0.25) is 4.34 Å². The second kappa shape index (κ2) is 6.55. The molecule has 2 aromatic rings. The van der Waals surface area contributed by atoms with Crippen LogP contribution >= 0.6 is 22.9 Å². The summed E-state index contributed by atoms with van der Waals surface area (Å²) in [5.74, 6) is -2.28. The molecule has 2 heterocycles. The lowest BCUT2D eigenvalue weighted by Crippen LogP contribution is -2.39. The summed E-state index contributed by atoms with van der Waals surface area (Å²) in [6.45, 7) is 0.536. The molecule has 1 aliphatic rings. The number of nitrogens with zero attached hydrogens (tertiary/aromatic N) is 1. The molecule has 0 amide bonds. The number of thiophene rings is 1. The molecule has 3 nitrogen and oxygen atoms in total. The molecule has 1 fully saturated rings. The Morgan fingerprint density at radius 1 is 1.35 bits per heavy atom. The second-order valence-electron chi connectivity index (χ2n) is 5.44. The summed E-state index contributed by atoms with van der Waals surface area (Å²) in [6, 6.07) is 5.57. The summed E-state index contributed by atoms with van der Waals surface area (Å²) < 4.78 is 28.1. The van der Waals surface area contributed by atoms with Crippen LogP contribution in [0.25, 0.3) is 0 Å². The number of halogens is 3. The Bertz CT molecular complexity index is 737. The number of benzene rings is 1. The van der Waals surface area contributed by atoms with Crippen LogP contribution in [-0.2, 0) is 4.79 Å². The van der Waals surface area contributed by atoms with Crippen molar-refractivity contribution in [3.05, 3.63) is 56.7 Å². The Labute approximate surface area is 141 Å². The molecule has 1 N–H and O–H groups in total. The Morgan fingerprint density at radius 2 is 2.13 bits per heavy atom. The standard InChI is InChI=1S/C16H14ClF2NO2S/c17-14-6-5-13(23-14)15(10-4-3-9(18)8-11(10)19)20-7-1-2-12(20)16(21)22/h3-6,8,12,15H,1-2,7H2,(H,21,22).